The van der Waals surface area contributed by atoms with Gasteiger partial charge in [0.25, 0.3) is 0 Å². The smallest absolute Gasteiger partial charge is 0.0222 e. The number of benzene rings is 2. The summed E-state index contributed by atoms with van der Waals surface area (Å²) in [7, 11) is 0. The SMILES string of the molecule is Cc1ccc(CNCC2Cc3ccccc32)c(Br)c1. The van der Waals surface area contributed by atoms with E-state index < -0.39 is 0 Å². The highest BCUT2D eigenvalue weighted by Crippen LogP contribution is 2.34. The molecular weight excluding hydrogens is 298 g/mol. The highest BCUT2D eigenvalue weighted by molar-refractivity contribution is 9.10. The molecule has 0 saturated heterocycles. The molecule has 0 heterocycles. The standard InChI is InChI=1S/C17H18BrN/c1-12-6-7-14(17(18)8-12)10-19-11-15-9-13-4-2-3-5-16(13)15/h2-8,15,19H,9-11H2,1H3. The van der Waals surface area contributed by atoms with E-state index in [0.717, 1.165) is 13.1 Å². The Labute approximate surface area is 123 Å². The van der Waals surface area contributed by atoms with Crippen LogP contribution in [0.2, 0.25) is 0 Å². The van der Waals surface area contributed by atoms with Crippen LogP contribution in [0.25, 0.3) is 0 Å². The van der Waals surface area contributed by atoms with Crippen LogP contribution in [0.3, 0.4) is 0 Å². The van der Waals surface area contributed by atoms with Gasteiger partial charge in [-0.05, 0) is 41.7 Å². The maximum absolute atomic E-state index is 3.63. The molecule has 2 aromatic rings. The Morgan fingerprint density at radius 3 is 2.84 bits per heavy atom. The molecular formula is C17H18BrN. The Kier molecular flexibility index (Phi) is 3.72. The third-order valence-electron chi connectivity index (χ3n) is 3.88. The van der Waals surface area contributed by atoms with E-state index in [9.17, 15) is 0 Å². The van der Waals surface area contributed by atoms with E-state index in [4.69, 9.17) is 0 Å². The Bertz CT molecular complexity index is 592. The molecule has 1 aliphatic rings. The first-order valence-corrected chi connectivity index (χ1v) is 7.57. The molecule has 3 rings (SSSR count). The molecule has 1 aliphatic carbocycles. The molecule has 19 heavy (non-hydrogen) atoms. The molecule has 1 unspecified atom stereocenters. The van der Waals surface area contributed by atoms with Crippen molar-refractivity contribution in [1.82, 2.24) is 5.32 Å². The van der Waals surface area contributed by atoms with Crippen LogP contribution in [0, 0.1) is 6.92 Å². The third-order valence-corrected chi connectivity index (χ3v) is 4.61. The van der Waals surface area contributed by atoms with Gasteiger partial charge in [-0.3, -0.25) is 0 Å². The maximum atomic E-state index is 3.63. The summed E-state index contributed by atoms with van der Waals surface area (Å²) in [6.07, 6.45) is 1.22. The predicted octanol–water partition coefficient (Wildman–Crippen LogP) is 4.19. The average molecular weight is 316 g/mol. The lowest BCUT2D eigenvalue weighted by Crippen LogP contribution is -2.28. The molecule has 0 spiro atoms. The number of halogens is 1. The molecule has 0 saturated carbocycles. The number of hydrogen-bond acceptors (Lipinski definition) is 1. The molecule has 0 fully saturated rings. The second-order valence-electron chi connectivity index (χ2n) is 5.33. The molecule has 1 nitrogen and oxygen atoms in total. The van der Waals surface area contributed by atoms with Crippen molar-refractivity contribution < 1.29 is 0 Å². The van der Waals surface area contributed by atoms with E-state index in [0.29, 0.717) is 5.92 Å². The lowest BCUT2D eigenvalue weighted by Gasteiger charge is -2.30. The van der Waals surface area contributed by atoms with Crippen LogP contribution in [-0.2, 0) is 13.0 Å². The van der Waals surface area contributed by atoms with Gasteiger partial charge < -0.3 is 5.32 Å². The number of hydrogen-bond donors (Lipinski definition) is 1. The van der Waals surface area contributed by atoms with Crippen LogP contribution < -0.4 is 5.32 Å². The molecule has 2 heteroatoms. The van der Waals surface area contributed by atoms with Gasteiger partial charge in [-0.15, -0.1) is 0 Å². The van der Waals surface area contributed by atoms with E-state index in [2.05, 4.69) is 70.6 Å². The van der Waals surface area contributed by atoms with Gasteiger partial charge in [-0.1, -0.05) is 52.3 Å². The molecule has 0 radical (unpaired) electrons. The number of fused-ring (bicyclic) bond motifs is 1. The first-order valence-electron chi connectivity index (χ1n) is 6.77. The van der Waals surface area contributed by atoms with Crippen LogP contribution in [-0.4, -0.2) is 6.54 Å². The minimum absolute atomic E-state index is 0.695. The van der Waals surface area contributed by atoms with Crippen molar-refractivity contribution in [2.24, 2.45) is 0 Å². The largest absolute Gasteiger partial charge is 0.312 e. The molecule has 1 N–H and O–H groups in total. The lowest BCUT2D eigenvalue weighted by molar-refractivity contribution is 0.535. The fourth-order valence-electron chi connectivity index (χ4n) is 2.72. The summed E-state index contributed by atoms with van der Waals surface area (Å²) in [5.74, 6) is 0.695. The van der Waals surface area contributed by atoms with Crippen LogP contribution >= 0.6 is 15.9 Å². The molecule has 2 aromatic carbocycles. The van der Waals surface area contributed by atoms with E-state index in [1.54, 1.807) is 0 Å². The Morgan fingerprint density at radius 1 is 1.21 bits per heavy atom. The van der Waals surface area contributed by atoms with Crippen molar-refractivity contribution in [1.29, 1.82) is 0 Å². The van der Waals surface area contributed by atoms with E-state index >= 15 is 0 Å². The normalized spacial score (nSPS) is 16.8. The third kappa shape index (κ3) is 2.75. The molecule has 1 atom stereocenters. The zero-order valence-corrected chi connectivity index (χ0v) is 12.7. The number of rotatable bonds is 4. The Morgan fingerprint density at radius 2 is 2.05 bits per heavy atom. The monoisotopic (exact) mass is 315 g/mol. The van der Waals surface area contributed by atoms with E-state index in [1.807, 2.05) is 0 Å². The quantitative estimate of drug-likeness (QED) is 0.892. The maximum Gasteiger partial charge on any atom is 0.0222 e. The molecule has 98 valence electrons. The Hall–Kier alpha value is -1.12. The van der Waals surface area contributed by atoms with Gasteiger partial charge in [0.2, 0.25) is 0 Å². The van der Waals surface area contributed by atoms with E-state index in [-0.39, 0.29) is 0 Å². The van der Waals surface area contributed by atoms with Gasteiger partial charge in [-0.2, -0.15) is 0 Å². The Balaban J connectivity index is 1.55. The summed E-state index contributed by atoms with van der Waals surface area (Å²) in [5, 5.41) is 3.57. The predicted molar refractivity (Wildman–Crippen MR) is 83.5 cm³/mol. The second-order valence-corrected chi connectivity index (χ2v) is 6.18. The second kappa shape index (κ2) is 5.48. The zero-order valence-electron chi connectivity index (χ0n) is 11.1. The van der Waals surface area contributed by atoms with Crippen molar-refractivity contribution in [2.75, 3.05) is 6.54 Å². The zero-order chi connectivity index (χ0) is 13.2. The number of nitrogens with one attached hydrogen (secondary N) is 1. The van der Waals surface area contributed by atoms with Gasteiger partial charge in [-0.25, -0.2) is 0 Å². The van der Waals surface area contributed by atoms with Gasteiger partial charge >= 0.3 is 0 Å². The minimum atomic E-state index is 0.695. The average Bonchev–Trinajstić information content (AvgIpc) is 2.37. The van der Waals surface area contributed by atoms with Gasteiger partial charge in [0.1, 0.15) is 0 Å². The van der Waals surface area contributed by atoms with Crippen LogP contribution in [0.5, 0.6) is 0 Å². The van der Waals surface area contributed by atoms with Gasteiger partial charge in [0.15, 0.2) is 0 Å². The summed E-state index contributed by atoms with van der Waals surface area (Å²) in [6, 6.07) is 15.3. The first kappa shape index (κ1) is 12.9. The first-order chi connectivity index (χ1) is 9.24. The summed E-state index contributed by atoms with van der Waals surface area (Å²) in [6.45, 7) is 4.12. The minimum Gasteiger partial charge on any atom is -0.312 e. The number of aryl methyl sites for hydroxylation is 1. The van der Waals surface area contributed by atoms with Crippen LogP contribution in [0.15, 0.2) is 46.9 Å². The summed E-state index contributed by atoms with van der Waals surface area (Å²) in [4.78, 5) is 0. The van der Waals surface area contributed by atoms with Crippen LogP contribution in [0.1, 0.15) is 28.2 Å². The summed E-state index contributed by atoms with van der Waals surface area (Å²) in [5.41, 5.74) is 5.67. The summed E-state index contributed by atoms with van der Waals surface area (Å²) >= 11 is 3.63. The fourth-order valence-corrected chi connectivity index (χ4v) is 3.36. The highest BCUT2D eigenvalue weighted by Gasteiger charge is 2.24. The molecule has 0 aromatic heterocycles. The van der Waals surface area contributed by atoms with Crippen molar-refractivity contribution in [3.63, 3.8) is 0 Å². The van der Waals surface area contributed by atoms with Crippen molar-refractivity contribution in [3.8, 4) is 0 Å². The lowest BCUT2D eigenvalue weighted by atomic mass is 9.77. The van der Waals surface area contributed by atoms with Crippen molar-refractivity contribution in [2.45, 2.75) is 25.8 Å². The van der Waals surface area contributed by atoms with E-state index in [1.165, 1.54) is 33.1 Å². The summed E-state index contributed by atoms with van der Waals surface area (Å²) < 4.78 is 1.20. The topological polar surface area (TPSA) is 12.0 Å². The van der Waals surface area contributed by atoms with Crippen molar-refractivity contribution >= 4 is 15.9 Å². The highest BCUT2D eigenvalue weighted by atomic mass is 79.9. The van der Waals surface area contributed by atoms with Gasteiger partial charge in [0, 0.05) is 23.5 Å². The molecule has 0 bridgehead atoms. The van der Waals surface area contributed by atoms with Crippen molar-refractivity contribution in [3.05, 3.63) is 69.2 Å². The fraction of sp³-hybridized carbons (Fsp3) is 0.294. The van der Waals surface area contributed by atoms with Crippen LogP contribution in [0.4, 0.5) is 0 Å². The molecule has 0 amide bonds. The van der Waals surface area contributed by atoms with Gasteiger partial charge in [0.05, 0.1) is 0 Å². The molecule has 0 aliphatic heterocycles.